The van der Waals surface area contributed by atoms with Gasteiger partial charge >= 0.3 is 0 Å². The molecule has 0 aromatic rings. The van der Waals surface area contributed by atoms with E-state index < -0.39 is 20.6 Å². The molecule has 1 heterocycles. The monoisotopic (exact) mass is 253 g/mol. The van der Waals surface area contributed by atoms with Crippen LogP contribution in [0.1, 0.15) is 19.8 Å². The zero-order valence-corrected chi connectivity index (χ0v) is 10.9. The molecule has 1 rings (SSSR count). The molecule has 4 nitrogen and oxygen atoms in total. The fourth-order valence-electron chi connectivity index (χ4n) is 1.96. The lowest BCUT2D eigenvalue weighted by Gasteiger charge is -2.26. The van der Waals surface area contributed by atoms with Crippen LogP contribution >= 0.6 is 0 Å². The normalized spacial score (nSPS) is 29.6. The Bertz CT molecular complexity index is 326. The van der Waals surface area contributed by atoms with Crippen molar-refractivity contribution >= 4 is 20.6 Å². The summed E-state index contributed by atoms with van der Waals surface area (Å²) in [6, 6.07) is 0.163. The third-order valence-corrected chi connectivity index (χ3v) is 5.26. The third kappa shape index (κ3) is 5.08. The summed E-state index contributed by atoms with van der Waals surface area (Å²) >= 11 is 0. The van der Waals surface area contributed by atoms with Crippen molar-refractivity contribution in [1.29, 1.82) is 0 Å². The van der Waals surface area contributed by atoms with Crippen LogP contribution in [-0.2, 0) is 20.6 Å². The Hall–Kier alpha value is 0.0600. The van der Waals surface area contributed by atoms with Gasteiger partial charge in [0.05, 0.1) is 11.5 Å². The fraction of sp³-hybridized carbons (Fsp3) is 1.00. The van der Waals surface area contributed by atoms with Gasteiger partial charge in [0.25, 0.3) is 0 Å². The third-order valence-electron chi connectivity index (χ3n) is 2.47. The van der Waals surface area contributed by atoms with Crippen molar-refractivity contribution in [2.24, 2.45) is 0 Å². The van der Waals surface area contributed by atoms with Gasteiger partial charge in [0.1, 0.15) is 0 Å². The van der Waals surface area contributed by atoms with E-state index >= 15 is 0 Å². The van der Waals surface area contributed by atoms with E-state index in [9.17, 15) is 12.6 Å². The molecule has 3 atom stereocenters. The molecular formula is C9H19NO3S2. The number of hydrogen-bond donors (Lipinski definition) is 1. The standard InChI is InChI=1S/C9H19NO3S2/c1-8(6-14(2)11)10-9-4-3-5-15(12,13)7-9/h8-10H,3-7H2,1-2H3. The van der Waals surface area contributed by atoms with Crippen LogP contribution in [0.4, 0.5) is 0 Å². The highest BCUT2D eigenvalue weighted by Gasteiger charge is 2.25. The summed E-state index contributed by atoms with van der Waals surface area (Å²) in [4.78, 5) is 0. The summed E-state index contributed by atoms with van der Waals surface area (Å²) in [6.45, 7) is 1.95. The van der Waals surface area contributed by atoms with Gasteiger partial charge in [-0.3, -0.25) is 4.21 Å². The van der Waals surface area contributed by atoms with Crippen LogP contribution in [0, 0.1) is 0 Å². The SMILES string of the molecule is CC(CS(C)=O)NC1CCCS(=O)(=O)C1. The molecule has 0 aliphatic carbocycles. The predicted molar refractivity (Wildman–Crippen MR) is 63.2 cm³/mol. The van der Waals surface area contributed by atoms with Crippen LogP contribution in [0.2, 0.25) is 0 Å². The molecule has 1 fully saturated rings. The van der Waals surface area contributed by atoms with Crippen LogP contribution in [-0.4, -0.2) is 48.2 Å². The van der Waals surface area contributed by atoms with Crippen LogP contribution in [0.5, 0.6) is 0 Å². The summed E-state index contributed by atoms with van der Waals surface area (Å²) in [5.74, 6) is 1.13. The lowest BCUT2D eigenvalue weighted by atomic mass is 10.1. The van der Waals surface area contributed by atoms with Gasteiger partial charge in [-0.15, -0.1) is 0 Å². The molecule has 6 heteroatoms. The van der Waals surface area contributed by atoms with E-state index in [0.717, 1.165) is 12.8 Å². The van der Waals surface area contributed by atoms with E-state index in [4.69, 9.17) is 0 Å². The molecule has 3 unspecified atom stereocenters. The Balaban J connectivity index is 2.41. The molecule has 90 valence electrons. The molecule has 15 heavy (non-hydrogen) atoms. The maximum atomic E-state index is 11.4. The van der Waals surface area contributed by atoms with Crippen molar-refractivity contribution in [3.63, 3.8) is 0 Å². The van der Waals surface area contributed by atoms with Crippen LogP contribution in [0.15, 0.2) is 0 Å². The van der Waals surface area contributed by atoms with Crippen molar-refractivity contribution in [2.75, 3.05) is 23.5 Å². The van der Waals surface area contributed by atoms with Gasteiger partial charge in [0.2, 0.25) is 0 Å². The molecule has 1 N–H and O–H groups in total. The lowest BCUT2D eigenvalue weighted by Crippen LogP contribution is -2.45. The average molecular weight is 253 g/mol. The molecule has 0 saturated carbocycles. The van der Waals surface area contributed by atoms with Gasteiger partial charge < -0.3 is 5.32 Å². The zero-order chi connectivity index (χ0) is 11.5. The molecule has 0 spiro atoms. The van der Waals surface area contributed by atoms with Gasteiger partial charge in [0.15, 0.2) is 9.84 Å². The van der Waals surface area contributed by atoms with E-state index in [0.29, 0.717) is 11.5 Å². The van der Waals surface area contributed by atoms with E-state index in [1.165, 1.54) is 0 Å². The van der Waals surface area contributed by atoms with E-state index in [1.807, 2.05) is 6.92 Å². The first-order chi connectivity index (χ1) is 6.89. The van der Waals surface area contributed by atoms with Crippen LogP contribution in [0.25, 0.3) is 0 Å². The molecule has 0 aromatic heterocycles. The first-order valence-corrected chi connectivity index (χ1v) is 8.70. The first-order valence-electron chi connectivity index (χ1n) is 5.15. The second-order valence-electron chi connectivity index (χ2n) is 4.26. The summed E-state index contributed by atoms with van der Waals surface area (Å²) < 4.78 is 33.7. The van der Waals surface area contributed by atoms with Crippen molar-refractivity contribution in [3.05, 3.63) is 0 Å². The predicted octanol–water partition coefficient (Wildman–Crippen LogP) is -0.0798. The topological polar surface area (TPSA) is 63.2 Å². The highest BCUT2D eigenvalue weighted by Crippen LogP contribution is 2.12. The number of nitrogens with one attached hydrogen (secondary N) is 1. The smallest absolute Gasteiger partial charge is 0.151 e. The minimum absolute atomic E-state index is 0.0438. The molecular weight excluding hydrogens is 234 g/mol. The quantitative estimate of drug-likeness (QED) is 0.761. The van der Waals surface area contributed by atoms with E-state index in [-0.39, 0.29) is 17.8 Å². The maximum absolute atomic E-state index is 11.4. The van der Waals surface area contributed by atoms with Crippen LogP contribution in [0.3, 0.4) is 0 Å². The fourth-order valence-corrected chi connectivity index (χ4v) is 4.41. The van der Waals surface area contributed by atoms with Crippen molar-refractivity contribution in [3.8, 4) is 0 Å². The van der Waals surface area contributed by atoms with Gasteiger partial charge in [0, 0.05) is 34.9 Å². The second-order valence-corrected chi connectivity index (χ2v) is 7.97. The Kier molecular flexibility index (Phi) is 4.73. The lowest BCUT2D eigenvalue weighted by molar-refractivity contribution is 0.447. The molecule has 0 amide bonds. The highest BCUT2D eigenvalue weighted by molar-refractivity contribution is 7.91. The summed E-state index contributed by atoms with van der Waals surface area (Å²) in [5.41, 5.74) is 0. The molecule has 0 aromatic carbocycles. The molecule has 0 bridgehead atoms. The van der Waals surface area contributed by atoms with Gasteiger partial charge in [-0.25, -0.2) is 8.42 Å². The van der Waals surface area contributed by atoms with Crippen LogP contribution < -0.4 is 5.32 Å². The Morgan fingerprint density at radius 1 is 1.53 bits per heavy atom. The van der Waals surface area contributed by atoms with E-state index in [2.05, 4.69) is 5.32 Å². The summed E-state index contributed by atoms with van der Waals surface area (Å²) in [5, 5.41) is 3.23. The molecule has 0 radical (unpaired) electrons. The minimum Gasteiger partial charge on any atom is -0.310 e. The number of hydrogen-bond acceptors (Lipinski definition) is 4. The molecule has 1 aliphatic heterocycles. The van der Waals surface area contributed by atoms with Gasteiger partial charge in [-0.1, -0.05) is 0 Å². The Morgan fingerprint density at radius 3 is 2.73 bits per heavy atom. The Labute approximate surface area is 94.2 Å². The maximum Gasteiger partial charge on any atom is 0.151 e. The number of sulfone groups is 1. The average Bonchev–Trinajstić information content (AvgIpc) is 1.99. The zero-order valence-electron chi connectivity index (χ0n) is 9.23. The van der Waals surface area contributed by atoms with Crippen molar-refractivity contribution in [1.82, 2.24) is 5.32 Å². The minimum atomic E-state index is -2.84. The first kappa shape index (κ1) is 13.1. The van der Waals surface area contributed by atoms with E-state index in [1.54, 1.807) is 6.26 Å². The van der Waals surface area contributed by atoms with Crippen molar-refractivity contribution in [2.45, 2.75) is 31.8 Å². The van der Waals surface area contributed by atoms with Crippen molar-refractivity contribution < 1.29 is 12.6 Å². The van der Waals surface area contributed by atoms with Gasteiger partial charge in [-0.05, 0) is 19.8 Å². The Morgan fingerprint density at radius 2 is 2.20 bits per heavy atom. The van der Waals surface area contributed by atoms with Gasteiger partial charge in [-0.2, -0.15) is 0 Å². The number of rotatable bonds is 4. The largest absolute Gasteiger partial charge is 0.310 e. The molecule has 1 aliphatic rings. The molecule has 1 saturated heterocycles. The highest BCUT2D eigenvalue weighted by atomic mass is 32.2. The second kappa shape index (κ2) is 5.41. The summed E-state index contributed by atoms with van der Waals surface area (Å²) in [6.07, 6.45) is 3.30. The summed E-state index contributed by atoms with van der Waals surface area (Å²) in [7, 11) is -3.68.